The maximum atomic E-state index is 13.3. The van der Waals surface area contributed by atoms with Gasteiger partial charge in [0.15, 0.2) is 0 Å². The third-order valence-corrected chi connectivity index (χ3v) is 9.60. The Morgan fingerprint density at radius 2 is 1.72 bits per heavy atom. The molecule has 0 unspecified atom stereocenters. The fraction of sp³-hybridized carbons (Fsp3) is 0.381. The van der Waals surface area contributed by atoms with Crippen molar-refractivity contribution in [1.29, 1.82) is 0 Å². The van der Waals surface area contributed by atoms with E-state index in [1.54, 1.807) is 21.7 Å². The van der Waals surface area contributed by atoms with Gasteiger partial charge in [-0.1, -0.05) is 12.1 Å². The maximum absolute atomic E-state index is 13.3. The number of hydrogen-bond acceptors (Lipinski definition) is 6. The lowest BCUT2D eigenvalue weighted by molar-refractivity contribution is 0.384. The van der Waals surface area contributed by atoms with Crippen molar-refractivity contribution in [3.8, 4) is 9.88 Å². The molecule has 0 aliphatic carbocycles. The number of thiophene rings is 1. The summed E-state index contributed by atoms with van der Waals surface area (Å²) in [7, 11) is -3.50. The first kappa shape index (κ1) is 20.5. The van der Waals surface area contributed by atoms with Gasteiger partial charge in [0.1, 0.15) is 5.01 Å². The van der Waals surface area contributed by atoms with Gasteiger partial charge in [-0.05, 0) is 51.0 Å². The van der Waals surface area contributed by atoms with Gasteiger partial charge in [0.25, 0.3) is 0 Å². The Morgan fingerprint density at radius 3 is 2.38 bits per heavy atom. The van der Waals surface area contributed by atoms with E-state index in [-0.39, 0.29) is 0 Å². The second-order valence-corrected chi connectivity index (χ2v) is 11.5. The Kier molecular flexibility index (Phi) is 5.54. The smallest absolute Gasteiger partial charge is 0.244 e. The fourth-order valence-corrected chi connectivity index (χ4v) is 7.51. The zero-order valence-corrected chi connectivity index (χ0v) is 19.5. The number of benzene rings is 1. The zero-order valence-electron chi connectivity index (χ0n) is 17.1. The number of rotatable bonds is 4. The van der Waals surface area contributed by atoms with Crippen molar-refractivity contribution in [3.63, 3.8) is 0 Å². The molecule has 8 heteroatoms. The molecule has 2 aromatic heterocycles. The summed E-state index contributed by atoms with van der Waals surface area (Å²) in [5.41, 5.74) is 4.61. The van der Waals surface area contributed by atoms with Crippen LogP contribution in [0, 0.1) is 27.7 Å². The summed E-state index contributed by atoms with van der Waals surface area (Å²) in [6.45, 7) is 10.4. The summed E-state index contributed by atoms with van der Waals surface area (Å²) < 4.78 is 28.3. The molecule has 1 saturated heterocycles. The van der Waals surface area contributed by atoms with Gasteiger partial charge in [-0.15, -0.1) is 22.7 Å². The Bertz CT molecular complexity index is 1140. The number of nitrogens with zero attached hydrogens (tertiary/aromatic N) is 3. The first-order valence-corrected chi connectivity index (χ1v) is 12.7. The molecule has 0 N–H and O–H groups in total. The van der Waals surface area contributed by atoms with Crippen LogP contribution >= 0.6 is 22.7 Å². The summed E-state index contributed by atoms with van der Waals surface area (Å²) in [6, 6.07) is 8.22. The van der Waals surface area contributed by atoms with Crippen molar-refractivity contribution in [2.75, 3.05) is 31.1 Å². The normalized spacial score (nSPS) is 15.8. The molecule has 3 heterocycles. The SMILES string of the molecule is Cc1ccc(C)c(N2CCN(S(=O)(=O)c3cc(-c4nc(C)cs4)sc3C)CC2)c1. The van der Waals surface area contributed by atoms with Crippen LogP contribution in [0.3, 0.4) is 0 Å². The van der Waals surface area contributed by atoms with E-state index in [9.17, 15) is 8.42 Å². The van der Waals surface area contributed by atoms with Crippen LogP contribution in [-0.4, -0.2) is 43.9 Å². The highest BCUT2D eigenvalue weighted by Crippen LogP contribution is 2.36. The minimum absolute atomic E-state index is 0.422. The van der Waals surface area contributed by atoms with Crippen LogP contribution in [0.25, 0.3) is 9.88 Å². The van der Waals surface area contributed by atoms with E-state index in [0.717, 1.165) is 20.5 Å². The second-order valence-electron chi connectivity index (χ2n) is 7.51. The van der Waals surface area contributed by atoms with Crippen LogP contribution in [0.15, 0.2) is 34.5 Å². The lowest BCUT2D eigenvalue weighted by atomic mass is 10.1. The lowest BCUT2D eigenvalue weighted by Gasteiger charge is -2.36. The third kappa shape index (κ3) is 3.99. The molecular weight excluding hydrogens is 422 g/mol. The van der Waals surface area contributed by atoms with Gasteiger partial charge in [-0.3, -0.25) is 0 Å². The standard InChI is InChI=1S/C21H25N3O2S3/c1-14-5-6-15(2)18(11-14)23-7-9-24(10-8-23)29(25,26)20-12-19(28-17(20)4)21-22-16(3)13-27-21/h5-6,11-13H,7-10H2,1-4H3. The Labute approximate surface area is 180 Å². The first-order chi connectivity index (χ1) is 13.8. The Hall–Kier alpha value is -1.74. The summed E-state index contributed by atoms with van der Waals surface area (Å²) >= 11 is 3.06. The molecule has 0 amide bonds. The number of aromatic nitrogens is 1. The van der Waals surface area contributed by atoms with Crippen molar-refractivity contribution in [3.05, 3.63) is 51.3 Å². The lowest BCUT2D eigenvalue weighted by Crippen LogP contribution is -2.48. The van der Waals surface area contributed by atoms with Crippen molar-refractivity contribution in [1.82, 2.24) is 9.29 Å². The number of anilines is 1. The second kappa shape index (κ2) is 7.83. The van der Waals surface area contributed by atoms with E-state index >= 15 is 0 Å². The minimum Gasteiger partial charge on any atom is -0.369 e. The van der Waals surface area contributed by atoms with Gasteiger partial charge in [0.05, 0.1) is 9.77 Å². The van der Waals surface area contributed by atoms with Crippen molar-refractivity contribution in [2.24, 2.45) is 0 Å². The molecule has 1 aliphatic rings. The van der Waals surface area contributed by atoms with Gasteiger partial charge in [-0.25, -0.2) is 13.4 Å². The van der Waals surface area contributed by atoms with Crippen molar-refractivity contribution < 1.29 is 8.42 Å². The first-order valence-electron chi connectivity index (χ1n) is 9.61. The Balaban J connectivity index is 1.54. The van der Waals surface area contributed by atoms with Crippen LogP contribution < -0.4 is 4.90 Å². The summed E-state index contributed by atoms with van der Waals surface area (Å²) in [5.74, 6) is 0. The highest BCUT2D eigenvalue weighted by atomic mass is 32.2. The molecule has 5 nitrogen and oxygen atoms in total. The van der Waals surface area contributed by atoms with Gasteiger partial charge in [0, 0.05) is 47.8 Å². The molecule has 1 aromatic carbocycles. The number of sulfonamides is 1. The Morgan fingerprint density at radius 1 is 1.00 bits per heavy atom. The summed E-state index contributed by atoms with van der Waals surface area (Å²) in [6.07, 6.45) is 0. The van der Waals surface area contributed by atoms with Crippen LogP contribution in [0.1, 0.15) is 21.7 Å². The predicted molar refractivity (Wildman–Crippen MR) is 122 cm³/mol. The average Bonchev–Trinajstić information content (AvgIpc) is 3.30. The topological polar surface area (TPSA) is 53.5 Å². The largest absolute Gasteiger partial charge is 0.369 e. The minimum atomic E-state index is -3.50. The molecule has 29 heavy (non-hydrogen) atoms. The van der Waals surface area contributed by atoms with Crippen LogP contribution in [0.4, 0.5) is 5.69 Å². The van der Waals surface area contributed by atoms with E-state index in [4.69, 9.17) is 0 Å². The summed E-state index contributed by atoms with van der Waals surface area (Å²) in [4.78, 5) is 8.96. The molecule has 0 saturated carbocycles. The molecule has 3 aromatic rings. The van der Waals surface area contributed by atoms with Crippen LogP contribution in [-0.2, 0) is 10.0 Å². The highest BCUT2D eigenvalue weighted by Gasteiger charge is 2.31. The van der Waals surface area contributed by atoms with E-state index in [0.29, 0.717) is 31.1 Å². The van der Waals surface area contributed by atoms with Crippen molar-refractivity contribution in [2.45, 2.75) is 32.6 Å². The molecule has 1 aliphatic heterocycles. The molecule has 0 bridgehead atoms. The average molecular weight is 448 g/mol. The van der Waals surface area contributed by atoms with Gasteiger partial charge >= 0.3 is 0 Å². The van der Waals surface area contributed by atoms with E-state index < -0.39 is 10.0 Å². The van der Waals surface area contributed by atoms with E-state index in [2.05, 4.69) is 41.9 Å². The highest BCUT2D eigenvalue weighted by molar-refractivity contribution is 7.89. The third-order valence-electron chi connectivity index (χ3n) is 5.26. The molecule has 4 rings (SSSR count). The molecule has 154 valence electrons. The van der Waals surface area contributed by atoms with E-state index in [1.165, 1.54) is 28.2 Å². The maximum Gasteiger partial charge on any atom is 0.244 e. The van der Waals surface area contributed by atoms with Crippen LogP contribution in [0.5, 0.6) is 0 Å². The fourth-order valence-electron chi connectivity index (χ4n) is 3.66. The monoisotopic (exact) mass is 447 g/mol. The van der Waals surface area contributed by atoms with Crippen LogP contribution in [0.2, 0.25) is 0 Å². The molecule has 1 fully saturated rings. The van der Waals surface area contributed by atoms with Crippen molar-refractivity contribution >= 4 is 38.4 Å². The summed E-state index contributed by atoms with van der Waals surface area (Å²) in [5, 5.41) is 2.88. The number of thiazole rings is 1. The molecule has 0 atom stereocenters. The molecule has 0 spiro atoms. The molecule has 0 radical (unpaired) electrons. The zero-order chi connectivity index (χ0) is 20.8. The predicted octanol–water partition coefficient (Wildman–Crippen LogP) is 4.62. The van der Waals surface area contributed by atoms with Gasteiger partial charge in [-0.2, -0.15) is 4.31 Å². The van der Waals surface area contributed by atoms with Gasteiger partial charge in [0.2, 0.25) is 10.0 Å². The van der Waals surface area contributed by atoms with E-state index in [1.807, 2.05) is 19.2 Å². The molecular formula is C21H25N3O2S3. The number of piperazine rings is 1. The van der Waals surface area contributed by atoms with Gasteiger partial charge < -0.3 is 4.90 Å². The quantitative estimate of drug-likeness (QED) is 0.586. The number of hydrogen-bond donors (Lipinski definition) is 0. The number of aryl methyl sites for hydroxylation is 4.